The van der Waals surface area contributed by atoms with Crippen LogP contribution in [0.15, 0.2) is 30.3 Å². The molecule has 1 aromatic carbocycles. The van der Waals surface area contributed by atoms with Crippen LogP contribution in [0.3, 0.4) is 0 Å². The van der Waals surface area contributed by atoms with Gasteiger partial charge in [-0.3, -0.25) is 14.5 Å². The summed E-state index contributed by atoms with van der Waals surface area (Å²) in [5, 5.41) is 5.68. The Labute approximate surface area is 164 Å². The number of hydrogen-bond donors (Lipinski definition) is 2. The first-order valence-electron chi connectivity index (χ1n) is 9.55. The van der Waals surface area contributed by atoms with Gasteiger partial charge in [0.05, 0.1) is 0 Å². The van der Waals surface area contributed by atoms with E-state index in [0.717, 1.165) is 35.7 Å². The molecule has 2 aliphatic rings. The molecule has 0 unspecified atom stereocenters. The molecule has 6 nitrogen and oxygen atoms in total. The van der Waals surface area contributed by atoms with Crippen LogP contribution in [0.4, 0.5) is 4.79 Å². The third-order valence-electron chi connectivity index (χ3n) is 5.48. The summed E-state index contributed by atoms with van der Waals surface area (Å²) in [7, 11) is 0. The Kier molecular flexibility index (Phi) is 6.42. The molecular weight excluding hydrogens is 362 g/mol. The Morgan fingerprint density at radius 2 is 2.07 bits per heavy atom. The minimum absolute atomic E-state index is 0.102. The molecule has 1 aromatic rings. The van der Waals surface area contributed by atoms with E-state index in [1.54, 1.807) is 11.8 Å². The van der Waals surface area contributed by atoms with Crippen molar-refractivity contribution < 1.29 is 14.4 Å². The van der Waals surface area contributed by atoms with Crippen molar-refractivity contribution in [1.82, 2.24) is 15.5 Å². The number of nitrogens with one attached hydrogen (secondary N) is 2. The summed E-state index contributed by atoms with van der Waals surface area (Å²) in [6, 6.07) is 9.71. The predicted octanol–water partition coefficient (Wildman–Crippen LogP) is 2.54. The van der Waals surface area contributed by atoms with Crippen molar-refractivity contribution >= 4 is 29.6 Å². The van der Waals surface area contributed by atoms with Crippen molar-refractivity contribution in [3.05, 3.63) is 35.9 Å². The minimum atomic E-state index is -0.804. The van der Waals surface area contributed by atoms with Crippen molar-refractivity contribution in [2.24, 2.45) is 5.92 Å². The number of rotatable bonds is 7. The zero-order valence-electron chi connectivity index (χ0n) is 15.7. The van der Waals surface area contributed by atoms with Crippen LogP contribution in [0.1, 0.15) is 38.2 Å². The van der Waals surface area contributed by atoms with Crippen molar-refractivity contribution in [3.8, 4) is 0 Å². The van der Waals surface area contributed by atoms with Crippen molar-refractivity contribution in [2.75, 3.05) is 18.8 Å². The number of amides is 4. The van der Waals surface area contributed by atoms with E-state index in [0.29, 0.717) is 13.0 Å². The molecule has 0 bridgehead atoms. The molecule has 2 fully saturated rings. The van der Waals surface area contributed by atoms with Crippen LogP contribution in [0.2, 0.25) is 0 Å². The smallest absolute Gasteiger partial charge is 0.325 e. The number of urea groups is 1. The predicted molar refractivity (Wildman–Crippen MR) is 106 cm³/mol. The quantitative estimate of drug-likeness (QED) is 0.555. The summed E-state index contributed by atoms with van der Waals surface area (Å²) >= 11 is 1.74. The maximum atomic E-state index is 12.8. The van der Waals surface area contributed by atoms with Gasteiger partial charge in [0.15, 0.2) is 0 Å². The first kappa shape index (κ1) is 19.7. The summed E-state index contributed by atoms with van der Waals surface area (Å²) in [5.74, 6) is 1.24. The SMILES string of the molecule is C[C@@H]1CCCC[C@@]12NC(=O)N(CC(=O)NCCSCc1ccccc1)C2=O. The van der Waals surface area contributed by atoms with Gasteiger partial charge in [0, 0.05) is 18.1 Å². The van der Waals surface area contributed by atoms with Crippen LogP contribution in [-0.2, 0) is 15.3 Å². The first-order valence-corrected chi connectivity index (χ1v) is 10.7. The molecule has 0 radical (unpaired) electrons. The van der Waals surface area contributed by atoms with Crippen molar-refractivity contribution in [2.45, 2.75) is 43.9 Å². The van der Waals surface area contributed by atoms with E-state index in [1.807, 2.05) is 25.1 Å². The molecular formula is C20H27N3O3S. The molecule has 2 N–H and O–H groups in total. The Balaban J connectivity index is 1.42. The van der Waals surface area contributed by atoms with E-state index in [9.17, 15) is 14.4 Å². The number of benzene rings is 1. The second-order valence-corrected chi connectivity index (χ2v) is 8.43. The normalized spacial score (nSPS) is 24.9. The number of carbonyl (C=O) groups excluding carboxylic acids is 3. The van der Waals surface area contributed by atoms with Gasteiger partial charge in [-0.25, -0.2) is 4.79 Å². The highest BCUT2D eigenvalue weighted by Gasteiger charge is 2.55. The first-order chi connectivity index (χ1) is 13.0. The summed E-state index contributed by atoms with van der Waals surface area (Å²) < 4.78 is 0. The van der Waals surface area contributed by atoms with Gasteiger partial charge < -0.3 is 10.6 Å². The molecule has 3 rings (SSSR count). The zero-order chi connectivity index (χ0) is 19.3. The van der Waals surface area contributed by atoms with Crippen LogP contribution >= 0.6 is 11.8 Å². The minimum Gasteiger partial charge on any atom is -0.354 e. The lowest BCUT2D eigenvalue weighted by atomic mass is 9.73. The van der Waals surface area contributed by atoms with Crippen LogP contribution in [0.25, 0.3) is 0 Å². The van der Waals surface area contributed by atoms with Gasteiger partial charge in [0.2, 0.25) is 5.91 Å². The summed E-state index contributed by atoms with van der Waals surface area (Å²) in [5.41, 5.74) is 0.446. The Morgan fingerprint density at radius 3 is 2.81 bits per heavy atom. The number of nitrogens with zero attached hydrogens (tertiary/aromatic N) is 1. The number of imide groups is 1. The summed E-state index contributed by atoms with van der Waals surface area (Å²) in [6.07, 6.45) is 3.58. The average molecular weight is 390 g/mol. The van der Waals surface area contributed by atoms with Gasteiger partial charge in [-0.1, -0.05) is 50.1 Å². The molecule has 4 amide bonds. The fourth-order valence-electron chi connectivity index (χ4n) is 3.87. The molecule has 7 heteroatoms. The highest BCUT2D eigenvalue weighted by atomic mass is 32.2. The molecule has 1 spiro atoms. The van der Waals surface area contributed by atoms with E-state index in [4.69, 9.17) is 0 Å². The van der Waals surface area contributed by atoms with Gasteiger partial charge in [-0.05, 0) is 24.3 Å². The van der Waals surface area contributed by atoms with Gasteiger partial charge in [-0.15, -0.1) is 0 Å². The molecule has 1 aliphatic heterocycles. The Morgan fingerprint density at radius 1 is 1.30 bits per heavy atom. The van der Waals surface area contributed by atoms with Crippen molar-refractivity contribution in [1.29, 1.82) is 0 Å². The standard InChI is InChI=1S/C20H27N3O3S/c1-15-7-5-6-10-20(15)18(25)23(19(26)22-20)13-17(24)21-11-12-27-14-16-8-3-2-4-9-16/h2-4,8-9,15H,5-7,10-14H2,1H3,(H,21,24)(H,22,26)/t15-,20-/m1/s1. The van der Waals surface area contributed by atoms with Crippen LogP contribution in [0.5, 0.6) is 0 Å². The van der Waals surface area contributed by atoms with Crippen LogP contribution in [-0.4, -0.2) is 47.1 Å². The van der Waals surface area contributed by atoms with Gasteiger partial charge >= 0.3 is 6.03 Å². The van der Waals surface area contributed by atoms with E-state index < -0.39 is 11.6 Å². The number of thioether (sulfide) groups is 1. The number of hydrogen-bond acceptors (Lipinski definition) is 4. The molecule has 1 aliphatic carbocycles. The molecule has 1 saturated heterocycles. The van der Waals surface area contributed by atoms with Crippen molar-refractivity contribution in [3.63, 3.8) is 0 Å². The molecule has 27 heavy (non-hydrogen) atoms. The lowest BCUT2D eigenvalue weighted by Crippen LogP contribution is -2.54. The largest absolute Gasteiger partial charge is 0.354 e. The third kappa shape index (κ3) is 4.46. The summed E-state index contributed by atoms with van der Waals surface area (Å²) in [4.78, 5) is 38.4. The van der Waals surface area contributed by atoms with Gasteiger partial charge in [-0.2, -0.15) is 11.8 Å². The zero-order valence-corrected chi connectivity index (χ0v) is 16.5. The second-order valence-electron chi connectivity index (χ2n) is 7.33. The van der Waals surface area contributed by atoms with E-state index in [-0.39, 0.29) is 24.3 Å². The molecule has 2 atom stereocenters. The van der Waals surface area contributed by atoms with Gasteiger partial charge in [0.1, 0.15) is 12.1 Å². The Hall–Kier alpha value is -2.02. The molecule has 1 saturated carbocycles. The topological polar surface area (TPSA) is 78.5 Å². The van der Waals surface area contributed by atoms with E-state index >= 15 is 0 Å². The van der Waals surface area contributed by atoms with Crippen LogP contribution in [0, 0.1) is 5.92 Å². The second kappa shape index (κ2) is 8.78. The molecule has 146 valence electrons. The monoisotopic (exact) mass is 389 g/mol. The van der Waals surface area contributed by atoms with Crippen LogP contribution < -0.4 is 10.6 Å². The summed E-state index contributed by atoms with van der Waals surface area (Å²) in [6.45, 7) is 2.31. The average Bonchev–Trinajstić information content (AvgIpc) is 2.90. The van der Waals surface area contributed by atoms with Gasteiger partial charge in [0.25, 0.3) is 5.91 Å². The fourth-order valence-corrected chi connectivity index (χ4v) is 4.68. The fraction of sp³-hybridized carbons (Fsp3) is 0.550. The lowest BCUT2D eigenvalue weighted by Gasteiger charge is -2.36. The lowest BCUT2D eigenvalue weighted by molar-refractivity contribution is -0.137. The Bertz CT molecular complexity index is 697. The number of carbonyl (C=O) groups is 3. The molecule has 0 aromatic heterocycles. The third-order valence-corrected chi connectivity index (χ3v) is 6.51. The maximum absolute atomic E-state index is 12.8. The molecule has 1 heterocycles. The highest BCUT2D eigenvalue weighted by Crippen LogP contribution is 2.38. The maximum Gasteiger partial charge on any atom is 0.325 e. The highest BCUT2D eigenvalue weighted by molar-refractivity contribution is 7.98. The van der Waals surface area contributed by atoms with E-state index in [1.165, 1.54) is 5.56 Å². The van der Waals surface area contributed by atoms with E-state index in [2.05, 4.69) is 22.8 Å².